The molecule has 11 heavy (non-hydrogen) atoms. The maximum Gasteiger partial charge on any atom is 0.0724 e. The standard InChI is InChI=1S/C8H13N3/c1-3-9-5-8-6-10-7(2)4-11-8/h4,6,9H,3,5H2,1-2H3. The van der Waals surface area contributed by atoms with Crippen LogP contribution >= 0.6 is 0 Å². The molecular weight excluding hydrogens is 138 g/mol. The topological polar surface area (TPSA) is 37.8 Å². The minimum atomic E-state index is 0.809. The number of hydrogen-bond donors (Lipinski definition) is 1. The Kier molecular flexibility index (Phi) is 2.98. The van der Waals surface area contributed by atoms with Crippen molar-refractivity contribution in [2.24, 2.45) is 0 Å². The predicted octanol–water partition coefficient (Wildman–Crippen LogP) is 0.895. The molecular formula is C8H13N3. The van der Waals surface area contributed by atoms with Gasteiger partial charge in [0.25, 0.3) is 0 Å². The fourth-order valence-electron chi connectivity index (χ4n) is 0.764. The van der Waals surface area contributed by atoms with Crippen LogP contribution in [0.4, 0.5) is 0 Å². The first-order valence-electron chi connectivity index (χ1n) is 3.81. The van der Waals surface area contributed by atoms with Gasteiger partial charge in [-0.15, -0.1) is 0 Å². The lowest BCUT2D eigenvalue weighted by Gasteiger charge is -1.99. The van der Waals surface area contributed by atoms with E-state index in [-0.39, 0.29) is 0 Å². The van der Waals surface area contributed by atoms with E-state index in [0.717, 1.165) is 24.5 Å². The molecule has 60 valence electrons. The highest BCUT2D eigenvalue weighted by Gasteiger charge is 1.91. The third kappa shape index (κ3) is 2.63. The van der Waals surface area contributed by atoms with Crippen LogP contribution in [0.3, 0.4) is 0 Å². The monoisotopic (exact) mass is 151 g/mol. The summed E-state index contributed by atoms with van der Waals surface area (Å²) in [5.74, 6) is 0. The van der Waals surface area contributed by atoms with Crippen molar-refractivity contribution in [2.45, 2.75) is 20.4 Å². The molecule has 0 spiro atoms. The summed E-state index contributed by atoms with van der Waals surface area (Å²) in [6.45, 7) is 5.78. The van der Waals surface area contributed by atoms with E-state index >= 15 is 0 Å². The van der Waals surface area contributed by atoms with Gasteiger partial charge in [-0.1, -0.05) is 6.92 Å². The van der Waals surface area contributed by atoms with Gasteiger partial charge < -0.3 is 5.32 Å². The summed E-state index contributed by atoms with van der Waals surface area (Å²) in [7, 11) is 0. The molecule has 1 aromatic heterocycles. The zero-order valence-electron chi connectivity index (χ0n) is 6.96. The molecule has 1 rings (SSSR count). The molecule has 0 aliphatic carbocycles. The molecule has 0 fully saturated rings. The van der Waals surface area contributed by atoms with Crippen molar-refractivity contribution in [3.8, 4) is 0 Å². The molecule has 0 aliphatic heterocycles. The first kappa shape index (κ1) is 8.14. The normalized spacial score (nSPS) is 10.0. The van der Waals surface area contributed by atoms with Crippen LogP contribution in [0.25, 0.3) is 0 Å². The Hall–Kier alpha value is -0.960. The molecule has 0 aliphatic rings. The number of nitrogens with one attached hydrogen (secondary N) is 1. The number of hydrogen-bond acceptors (Lipinski definition) is 3. The number of aromatic nitrogens is 2. The third-order valence-corrected chi connectivity index (χ3v) is 1.39. The Bertz CT molecular complexity index is 205. The predicted molar refractivity (Wildman–Crippen MR) is 44.1 cm³/mol. The van der Waals surface area contributed by atoms with E-state index < -0.39 is 0 Å². The molecule has 0 saturated carbocycles. The van der Waals surface area contributed by atoms with E-state index in [0.29, 0.717) is 0 Å². The first-order chi connectivity index (χ1) is 5.33. The summed E-state index contributed by atoms with van der Waals surface area (Å²) in [4.78, 5) is 8.32. The molecule has 0 aromatic carbocycles. The lowest BCUT2D eigenvalue weighted by molar-refractivity contribution is 0.706. The SMILES string of the molecule is CCNCc1cnc(C)cn1. The van der Waals surface area contributed by atoms with Crippen LogP contribution in [-0.4, -0.2) is 16.5 Å². The molecule has 0 atom stereocenters. The van der Waals surface area contributed by atoms with Crippen LogP contribution in [0.5, 0.6) is 0 Å². The highest BCUT2D eigenvalue weighted by Crippen LogP contribution is 1.92. The lowest BCUT2D eigenvalue weighted by atomic mass is 10.4. The van der Waals surface area contributed by atoms with Crippen LogP contribution in [0.15, 0.2) is 12.4 Å². The van der Waals surface area contributed by atoms with Gasteiger partial charge in [-0.25, -0.2) is 0 Å². The maximum atomic E-state index is 4.19. The Morgan fingerprint density at radius 1 is 1.36 bits per heavy atom. The minimum Gasteiger partial charge on any atom is -0.311 e. The Labute approximate surface area is 66.9 Å². The molecule has 1 N–H and O–H groups in total. The fraction of sp³-hybridized carbons (Fsp3) is 0.500. The molecule has 0 unspecified atom stereocenters. The lowest BCUT2D eigenvalue weighted by Crippen LogP contribution is -2.13. The average molecular weight is 151 g/mol. The van der Waals surface area contributed by atoms with Crippen molar-refractivity contribution in [3.05, 3.63) is 23.8 Å². The number of rotatable bonds is 3. The van der Waals surface area contributed by atoms with Gasteiger partial charge in [0.05, 0.1) is 11.4 Å². The molecule has 3 nitrogen and oxygen atoms in total. The Morgan fingerprint density at radius 2 is 2.18 bits per heavy atom. The zero-order chi connectivity index (χ0) is 8.10. The quantitative estimate of drug-likeness (QED) is 0.697. The number of nitrogens with zero attached hydrogens (tertiary/aromatic N) is 2. The summed E-state index contributed by atoms with van der Waals surface area (Å²) in [5, 5.41) is 3.18. The van der Waals surface area contributed by atoms with E-state index in [1.165, 1.54) is 0 Å². The summed E-state index contributed by atoms with van der Waals surface area (Å²) < 4.78 is 0. The first-order valence-corrected chi connectivity index (χ1v) is 3.81. The molecule has 3 heteroatoms. The van der Waals surface area contributed by atoms with E-state index in [2.05, 4.69) is 22.2 Å². The minimum absolute atomic E-state index is 0.809. The molecule has 0 saturated heterocycles. The van der Waals surface area contributed by atoms with Crippen molar-refractivity contribution in [2.75, 3.05) is 6.54 Å². The average Bonchev–Trinajstić information content (AvgIpc) is 2.04. The zero-order valence-corrected chi connectivity index (χ0v) is 6.96. The van der Waals surface area contributed by atoms with Crippen molar-refractivity contribution in [1.82, 2.24) is 15.3 Å². The van der Waals surface area contributed by atoms with Crippen molar-refractivity contribution in [1.29, 1.82) is 0 Å². The summed E-state index contributed by atoms with van der Waals surface area (Å²) >= 11 is 0. The second kappa shape index (κ2) is 4.03. The summed E-state index contributed by atoms with van der Waals surface area (Å²) in [6.07, 6.45) is 3.59. The van der Waals surface area contributed by atoms with Gasteiger partial charge in [-0.2, -0.15) is 0 Å². The van der Waals surface area contributed by atoms with Gasteiger partial charge in [0.15, 0.2) is 0 Å². The maximum absolute atomic E-state index is 4.19. The van der Waals surface area contributed by atoms with Crippen LogP contribution < -0.4 is 5.32 Å². The van der Waals surface area contributed by atoms with Crippen LogP contribution in [0.1, 0.15) is 18.3 Å². The Morgan fingerprint density at radius 3 is 2.73 bits per heavy atom. The fourth-order valence-corrected chi connectivity index (χ4v) is 0.764. The Balaban J connectivity index is 2.52. The second-order valence-electron chi connectivity index (χ2n) is 2.43. The highest BCUT2D eigenvalue weighted by atomic mass is 14.9. The van der Waals surface area contributed by atoms with Crippen LogP contribution in [0.2, 0.25) is 0 Å². The summed E-state index contributed by atoms with van der Waals surface area (Å²) in [5.41, 5.74) is 1.96. The third-order valence-electron chi connectivity index (χ3n) is 1.39. The van der Waals surface area contributed by atoms with E-state index in [1.807, 2.05) is 6.92 Å². The van der Waals surface area contributed by atoms with Crippen molar-refractivity contribution in [3.63, 3.8) is 0 Å². The number of aryl methyl sites for hydroxylation is 1. The van der Waals surface area contributed by atoms with Crippen molar-refractivity contribution >= 4 is 0 Å². The molecule has 1 aromatic rings. The second-order valence-corrected chi connectivity index (χ2v) is 2.43. The highest BCUT2D eigenvalue weighted by molar-refractivity contribution is 4.99. The van der Waals surface area contributed by atoms with Gasteiger partial charge in [0.2, 0.25) is 0 Å². The van der Waals surface area contributed by atoms with Crippen LogP contribution in [-0.2, 0) is 6.54 Å². The molecule has 0 amide bonds. The van der Waals surface area contributed by atoms with E-state index in [4.69, 9.17) is 0 Å². The van der Waals surface area contributed by atoms with E-state index in [9.17, 15) is 0 Å². The van der Waals surface area contributed by atoms with Gasteiger partial charge in [-0.05, 0) is 13.5 Å². The van der Waals surface area contributed by atoms with Gasteiger partial charge in [0, 0.05) is 18.9 Å². The molecule has 0 radical (unpaired) electrons. The smallest absolute Gasteiger partial charge is 0.0724 e. The summed E-state index contributed by atoms with van der Waals surface area (Å²) in [6, 6.07) is 0. The molecule has 1 heterocycles. The van der Waals surface area contributed by atoms with E-state index in [1.54, 1.807) is 12.4 Å². The largest absolute Gasteiger partial charge is 0.311 e. The van der Waals surface area contributed by atoms with Gasteiger partial charge in [0.1, 0.15) is 0 Å². The van der Waals surface area contributed by atoms with Gasteiger partial charge >= 0.3 is 0 Å². The van der Waals surface area contributed by atoms with Crippen LogP contribution in [0, 0.1) is 6.92 Å². The van der Waals surface area contributed by atoms with Crippen molar-refractivity contribution < 1.29 is 0 Å². The molecule has 0 bridgehead atoms. The van der Waals surface area contributed by atoms with Gasteiger partial charge in [-0.3, -0.25) is 9.97 Å².